The first-order valence-corrected chi connectivity index (χ1v) is 11.3. The molecule has 0 saturated carbocycles. The zero-order valence-electron chi connectivity index (χ0n) is 17.6. The molecule has 2 aromatic rings. The standard InChI is InChI=1S/C26H38O2/c1-2-3-4-5-6-7-8-9-10-11-12-13-17-22-18-16-21-25(28)26(22)23-19-14-15-20-24(23)27/h14-16,18-21,27-28H,2-13,17H2,1H3. The molecule has 0 saturated heterocycles. The van der Waals surface area contributed by atoms with Crippen LogP contribution in [-0.2, 0) is 6.42 Å². The minimum absolute atomic E-state index is 0.222. The quantitative estimate of drug-likeness (QED) is 0.325. The van der Waals surface area contributed by atoms with Crippen molar-refractivity contribution < 1.29 is 10.2 Å². The van der Waals surface area contributed by atoms with E-state index in [2.05, 4.69) is 13.0 Å². The summed E-state index contributed by atoms with van der Waals surface area (Å²) in [5.41, 5.74) is 2.62. The van der Waals surface area contributed by atoms with Gasteiger partial charge in [-0.3, -0.25) is 0 Å². The number of aryl methyl sites for hydroxylation is 1. The normalized spacial score (nSPS) is 11.0. The summed E-state index contributed by atoms with van der Waals surface area (Å²) in [6.07, 6.45) is 17.0. The molecular weight excluding hydrogens is 344 g/mol. The summed E-state index contributed by atoms with van der Waals surface area (Å²) >= 11 is 0. The highest BCUT2D eigenvalue weighted by molar-refractivity contribution is 5.78. The Labute approximate surface area is 171 Å². The van der Waals surface area contributed by atoms with Gasteiger partial charge < -0.3 is 10.2 Å². The molecule has 0 unspecified atom stereocenters. The van der Waals surface area contributed by atoms with Crippen LogP contribution in [0.15, 0.2) is 42.5 Å². The average Bonchev–Trinajstić information content (AvgIpc) is 2.70. The highest BCUT2D eigenvalue weighted by atomic mass is 16.3. The van der Waals surface area contributed by atoms with E-state index in [1.54, 1.807) is 12.1 Å². The molecule has 0 aliphatic carbocycles. The van der Waals surface area contributed by atoms with Crippen molar-refractivity contribution in [1.82, 2.24) is 0 Å². The lowest BCUT2D eigenvalue weighted by Crippen LogP contribution is -1.92. The van der Waals surface area contributed by atoms with Crippen molar-refractivity contribution in [1.29, 1.82) is 0 Å². The summed E-state index contributed by atoms with van der Waals surface area (Å²) < 4.78 is 0. The van der Waals surface area contributed by atoms with E-state index in [9.17, 15) is 10.2 Å². The van der Waals surface area contributed by atoms with Crippen LogP contribution >= 0.6 is 0 Å². The Morgan fingerprint density at radius 2 is 1.11 bits per heavy atom. The number of para-hydroxylation sites is 1. The lowest BCUT2D eigenvalue weighted by molar-refractivity contribution is 0.468. The molecule has 2 aromatic carbocycles. The van der Waals surface area contributed by atoms with Crippen molar-refractivity contribution in [3.05, 3.63) is 48.0 Å². The molecule has 0 amide bonds. The minimum Gasteiger partial charge on any atom is -0.507 e. The van der Waals surface area contributed by atoms with E-state index in [0.717, 1.165) is 29.5 Å². The van der Waals surface area contributed by atoms with E-state index in [1.165, 1.54) is 70.6 Å². The molecule has 2 heteroatoms. The summed E-state index contributed by atoms with van der Waals surface area (Å²) in [5, 5.41) is 20.5. The van der Waals surface area contributed by atoms with Crippen LogP contribution in [0.1, 0.15) is 89.5 Å². The third kappa shape index (κ3) is 7.58. The Morgan fingerprint density at radius 1 is 0.571 bits per heavy atom. The second kappa shape index (κ2) is 13.3. The number of aromatic hydroxyl groups is 2. The second-order valence-corrected chi connectivity index (χ2v) is 7.97. The predicted octanol–water partition coefficient (Wildman–Crippen LogP) is 8.01. The zero-order chi connectivity index (χ0) is 20.0. The molecule has 0 spiro atoms. The molecule has 2 nitrogen and oxygen atoms in total. The Hall–Kier alpha value is -1.96. The first kappa shape index (κ1) is 22.3. The van der Waals surface area contributed by atoms with Crippen LogP contribution in [-0.4, -0.2) is 10.2 Å². The zero-order valence-corrected chi connectivity index (χ0v) is 17.6. The van der Waals surface area contributed by atoms with Gasteiger partial charge in [-0.15, -0.1) is 0 Å². The number of phenols is 2. The van der Waals surface area contributed by atoms with Gasteiger partial charge in [0.15, 0.2) is 0 Å². The van der Waals surface area contributed by atoms with Crippen LogP contribution in [0.25, 0.3) is 11.1 Å². The Bertz CT molecular complexity index is 678. The van der Waals surface area contributed by atoms with Crippen molar-refractivity contribution in [2.24, 2.45) is 0 Å². The Balaban J connectivity index is 1.68. The number of hydrogen-bond acceptors (Lipinski definition) is 2. The Morgan fingerprint density at radius 3 is 1.71 bits per heavy atom. The maximum absolute atomic E-state index is 10.3. The van der Waals surface area contributed by atoms with Crippen molar-refractivity contribution in [2.75, 3.05) is 0 Å². The van der Waals surface area contributed by atoms with Crippen LogP contribution in [0.2, 0.25) is 0 Å². The number of hydrogen-bond donors (Lipinski definition) is 2. The molecule has 2 N–H and O–H groups in total. The summed E-state index contributed by atoms with van der Waals surface area (Å²) in [5.74, 6) is 0.470. The van der Waals surface area contributed by atoms with Gasteiger partial charge in [-0.2, -0.15) is 0 Å². The molecule has 2 rings (SSSR count). The number of rotatable bonds is 14. The van der Waals surface area contributed by atoms with Gasteiger partial charge in [0, 0.05) is 11.1 Å². The predicted molar refractivity (Wildman–Crippen MR) is 120 cm³/mol. The lowest BCUT2D eigenvalue weighted by Gasteiger charge is -2.13. The second-order valence-electron chi connectivity index (χ2n) is 7.97. The van der Waals surface area contributed by atoms with Gasteiger partial charge in [0.2, 0.25) is 0 Å². The smallest absolute Gasteiger partial charge is 0.123 e. The summed E-state index contributed by atoms with van der Waals surface area (Å²) in [7, 11) is 0. The van der Waals surface area contributed by atoms with Crippen LogP contribution in [0.3, 0.4) is 0 Å². The van der Waals surface area contributed by atoms with Crippen molar-refractivity contribution >= 4 is 0 Å². The molecule has 0 aromatic heterocycles. The van der Waals surface area contributed by atoms with E-state index in [1.807, 2.05) is 24.3 Å². The van der Waals surface area contributed by atoms with Gasteiger partial charge >= 0.3 is 0 Å². The molecule has 28 heavy (non-hydrogen) atoms. The monoisotopic (exact) mass is 382 g/mol. The average molecular weight is 383 g/mol. The third-order valence-electron chi connectivity index (χ3n) is 5.60. The van der Waals surface area contributed by atoms with E-state index in [4.69, 9.17) is 0 Å². The molecule has 0 radical (unpaired) electrons. The van der Waals surface area contributed by atoms with E-state index in [-0.39, 0.29) is 11.5 Å². The van der Waals surface area contributed by atoms with Crippen molar-refractivity contribution in [3.63, 3.8) is 0 Å². The maximum atomic E-state index is 10.3. The summed E-state index contributed by atoms with van der Waals surface area (Å²) in [6, 6.07) is 12.9. The van der Waals surface area contributed by atoms with Crippen LogP contribution in [0.4, 0.5) is 0 Å². The number of unbranched alkanes of at least 4 members (excludes halogenated alkanes) is 11. The van der Waals surface area contributed by atoms with Crippen LogP contribution in [0.5, 0.6) is 11.5 Å². The van der Waals surface area contributed by atoms with Crippen LogP contribution in [0, 0.1) is 0 Å². The van der Waals surface area contributed by atoms with Gasteiger partial charge in [-0.1, -0.05) is 108 Å². The van der Waals surface area contributed by atoms with Gasteiger partial charge in [-0.25, -0.2) is 0 Å². The molecule has 0 bridgehead atoms. The molecule has 0 aliphatic rings. The number of benzene rings is 2. The van der Waals surface area contributed by atoms with Gasteiger partial charge in [-0.05, 0) is 30.5 Å². The number of phenolic OH excluding ortho intramolecular Hbond substituents is 2. The maximum Gasteiger partial charge on any atom is 0.123 e. The molecule has 0 heterocycles. The van der Waals surface area contributed by atoms with Crippen molar-refractivity contribution in [3.8, 4) is 22.6 Å². The summed E-state index contributed by atoms with van der Waals surface area (Å²) in [4.78, 5) is 0. The Kier molecular flexibility index (Phi) is 10.6. The van der Waals surface area contributed by atoms with Gasteiger partial charge in [0.05, 0.1) is 0 Å². The summed E-state index contributed by atoms with van der Waals surface area (Å²) in [6.45, 7) is 2.27. The molecule has 0 aliphatic heterocycles. The van der Waals surface area contributed by atoms with Gasteiger partial charge in [0.25, 0.3) is 0 Å². The van der Waals surface area contributed by atoms with Gasteiger partial charge in [0.1, 0.15) is 11.5 Å². The minimum atomic E-state index is 0.222. The van der Waals surface area contributed by atoms with E-state index >= 15 is 0 Å². The first-order chi connectivity index (χ1) is 13.7. The molecule has 154 valence electrons. The van der Waals surface area contributed by atoms with Crippen molar-refractivity contribution in [2.45, 2.75) is 90.4 Å². The van der Waals surface area contributed by atoms with Crippen LogP contribution < -0.4 is 0 Å². The largest absolute Gasteiger partial charge is 0.507 e. The molecule has 0 fully saturated rings. The SMILES string of the molecule is CCCCCCCCCCCCCCc1cccc(O)c1-c1ccccc1O. The van der Waals surface area contributed by atoms with E-state index in [0.29, 0.717) is 0 Å². The molecule has 0 atom stereocenters. The highest BCUT2D eigenvalue weighted by Crippen LogP contribution is 2.38. The third-order valence-corrected chi connectivity index (χ3v) is 5.60. The first-order valence-electron chi connectivity index (χ1n) is 11.3. The fourth-order valence-corrected chi connectivity index (χ4v) is 3.95. The fourth-order valence-electron chi connectivity index (χ4n) is 3.95. The highest BCUT2D eigenvalue weighted by Gasteiger charge is 2.13. The lowest BCUT2D eigenvalue weighted by atomic mass is 9.94. The molecular formula is C26H38O2. The van der Waals surface area contributed by atoms with E-state index < -0.39 is 0 Å². The topological polar surface area (TPSA) is 40.5 Å². The fraction of sp³-hybridized carbons (Fsp3) is 0.538.